The van der Waals surface area contributed by atoms with Crippen molar-refractivity contribution in [2.24, 2.45) is 5.92 Å². The molecule has 0 aliphatic carbocycles. The molecule has 0 unspecified atom stereocenters. The average molecular weight is 259 g/mol. The molecular formula is C11H24NY. The van der Waals surface area contributed by atoms with Gasteiger partial charge in [0.15, 0.2) is 0 Å². The molecule has 0 rings (SSSR count). The summed E-state index contributed by atoms with van der Waals surface area (Å²) >= 11 is 0. The predicted molar refractivity (Wildman–Crippen MR) is 57.6 cm³/mol. The Labute approximate surface area is 110 Å². The van der Waals surface area contributed by atoms with E-state index in [1.54, 1.807) is 0 Å². The first-order valence-corrected chi connectivity index (χ1v) is 4.52. The molecule has 13 heavy (non-hydrogen) atoms. The van der Waals surface area contributed by atoms with Gasteiger partial charge < -0.3 is 26.6 Å². The van der Waals surface area contributed by atoms with Gasteiger partial charge in [-0.15, -0.1) is 0 Å². The Morgan fingerprint density at radius 2 is 1.62 bits per heavy atom. The molecule has 0 aromatic carbocycles. The van der Waals surface area contributed by atoms with Gasteiger partial charge >= 0.3 is 32.7 Å². The van der Waals surface area contributed by atoms with Crippen LogP contribution in [0.15, 0.2) is 0 Å². The summed E-state index contributed by atoms with van der Waals surface area (Å²) in [5, 5.41) is 3.39. The Bertz CT molecular complexity index is 80.2. The van der Waals surface area contributed by atoms with Gasteiger partial charge in [-0.2, -0.15) is 12.8 Å². The van der Waals surface area contributed by atoms with Crippen molar-refractivity contribution in [3.8, 4) is 0 Å². The molecule has 0 heterocycles. The Balaban J connectivity index is -0.000000500. The van der Waals surface area contributed by atoms with E-state index in [-0.39, 0.29) is 40.1 Å². The van der Waals surface area contributed by atoms with Crippen molar-refractivity contribution in [3.63, 3.8) is 0 Å². The van der Waals surface area contributed by atoms with Gasteiger partial charge in [-0.25, -0.2) is 0 Å². The van der Waals surface area contributed by atoms with Gasteiger partial charge in [-0.05, 0) is 13.0 Å². The van der Waals surface area contributed by atoms with Crippen LogP contribution in [-0.4, -0.2) is 12.6 Å². The second-order valence-corrected chi connectivity index (χ2v) is 3.34. The molecule has 0 aliphatic rings. The van der Waals surface area contributed by atoms with Crippen LogP contribution in [0.1, 0.15) is 33.1 Å². The molecule has 0 radical (unpaired) electrons. The molecule has 0 fully saturated rings. The molecule has 0 bridgehead atoms. The topological polar surface area (TPSA) is 12.0 Å². The van der Waals surface area contributed by atoms with Crippen LogP contribution in [0.5, 0.6) is 0 Å². The van der Waals surface area contributed by atoms with Crippen LogP contribution >= 0.6 is 0 Å². The van der Waals surface area contributed by atoms with Crippen molar-refractivity contribution in [3.05, 3.63) is 21.3 Å². The number of nitrogens with one attached hydrogen (secondary N) is 1. The fourth-order valence-electron chi connectivity index (χ4n) is 1.01. The molecule has 0 saturated heterocycles. The molecular weight excluding hydrogens is 235 g/mol. The fourth-order valence-corrected chi connectivity index (χ4v) is 1.01. The van der Waals surface area contributed by atoms with E-state index in [1.807, 2.05) is 0 Å². The third-order valence-corrected chi connectivity index (χ3v) is 1.92. The van der Waals surface area contributed by atoms with Crippen LogP contribution in [0.4, 0.5) is 0 Å². The van der Waals surface area contributed by atoms with Crippen molar-refractivity contribution in [1.29, 1.82) is 0 Å². The second kappa shape index (κ2) is 13.1. The fraction of sp³-hybridized carbons (Fsp3) is 0.727. The Hall–Kier alpha value is 1.06. The Morgan fingerprint density at radius 1 is 1.15 bits per heavy atom. The van der Waals surface area contributed by atoms with Crippen molar-refractivity contribution in [2.45, 2.75) is 39.2 Å². The monoisotopic (exact) mass is 259 g/mol. The van der Waals surface area contributed by atoms with Crippen molar-refractivity contribution in [1.82, 2.24) is 5.32 Å². The van der Waals surface area contributed by atoms with Crippen LogP contribution in [0.2, 0.25) is 0 Å². The van der Waals surface area contributed by atoms with E-state index in [2.05, 4.69) is 33.0 Å². The minimum absolute atomic E-state index is 0. The summed E-state index contributed by atoms with van der Waals surface area (Å²) in [6, 6.07) is 0.602. The van der Waals surface area contributed by atoms with E-state index in [9.17, 15) is 0 Å². The summed E-state index contributed by atoms with van der Waals surface area (Å²) in [4.78, 5) is 0. The summed E-state index contributed by atoms with van der Waals surface area (Å²) in [7, 11) is 0. The third kappa shape index (κ3) is 13.1. The standard InChI is InChI=1S/C10H21N.CH3.Y/c1-5-10(6-2)7-8-11-9(3)4;;/h9-11H,1-2,5-8H2,3-4H3;1H3;/q-2;-1;+3. The van der Waals surface area contributed by atoms with Crippen LogP contribution < -0.4 is 5.32 Å². The zero-order valence-corrected chi connectivity index (χ0v) is 12.3. The molecule has 0 aromatic rings. The molecule has 0 saturated carbocycles. The van der Waals surface area contributed by atoms with Crippen LogP contribution in [0.3, 0.4) is 0 Å². The van der Waals surface area contributed by atoms with Crippen LogP contribution in [-0.2, 0) is 32.7 Å². The molecule has 1 N–H and O–H groups in total. The zero-order valence-electron chi connectivity index (χ0n) is 9.47. The van der Waals surface area contributed by atoms with Gasteiger partial charge in [-0.3, -0.25) is 0 Å². The Morgan fingerprint density at radius 3 is 1.92 bits per heavy atom. The van der Waals surface area contributed by atoms with Gasteiger partial charge in [-0.1, -0.05) is 19.8 Å². The molecule has 0 atom stereocenters. The van der Waals surface area contributed by atoms with Gasteiger partial charge in [0.25, 0.3) is 0 Å². The maximum Gasteiger partial charge on any atom is 3.00 e. The maximum absolute atomic E-state index is 3.89. The minimum atomic E-state index is 0. The molecule has 76 valence electrons. The minimum Gasteiger partial charge on any atom is -0.358 e. The first kappa shape index (κ1) is 19.6. The molecule has 0 aliphatic heterocycles. The van der Waals surface area contributed by atoms with E-state index in [0.29, 0.717) is 12.0 Å². The Kier molecular flexibility index (Phi) is 19.7. The molecule has 0 aromatic heterocycles. The maximum atomic E-state index is 3.89. The molecule has 1 nitrogen and oxygen atoms in total. The average Bonchev–Trinajstić information content (AvgIpc) is 1.98. The van der Waals surface area contributed by atoms with Crippen LogP contribution in [0.25, 0.3) is 0 Å². The SMILES string of the molecule is [CH2-]CC(C[CH2-])CCNC(C)C.[CH3-].[Y+3]. The first-order valence-electron chi connectivity index (χ1n) is 4.52. The van der Waals surface area contributed by atoms with E-state index in [4.69, 9.17) is 0 Å². The molecule has 0 spiro atoms. The van der Waals surface area contributed by atoms with E-state index in [0.717, 1.165) is 19.4 Å². The van der Waals surface area contributed by atoms with E-state index in [1.165, 1.54) is 6.42 Å². The number of hydrogen-bond acceptors (Lipinski definition) is 1. The summed E-state index contributed by atoms with van der Waals surface area (Å²) in [5.74, 6) is 0.709. The van der Waals surface area contributed by atoms with Crippen molar-refractivity contribution in [2.75, 3.05) is 6.54 Å². The van der Waals surface area contributed by atoms with Gasteiger partial charge in [0.1, 0.15) is 0 Å². The summed E-state index contributed by atoms with van der Waals surface area (Å²) in [5.41, 5.74) is 0. The largest absolute Gasteiger partial charge is 3.00 e. The van der Waals surface area contributed by atoms with E-state index < -0.39 is 0 Å². The van der Waals surface area contributed by atoms with Crippen molar-refractivity contribution >= 4 is 0 Å². The zero-order chi connectivity index (χ0) is 8.69. The van der Waals surface area contributed by atoms with Crippen molar-refractivity contribution < 1.29 is 32.7 Å². The van der Waals surface area contributed by atoms with E-state index >= 15 is 0 Å². The van der Waals surface area contributed by atoms with Gasteiger partial charge in [0, 0.05) is 6.04 Å². The third-order valence-electron chi connectivity index (χ3n) is 1.92. The van der Waals surface area contributed by atoms with Crippen LogP contribution in [0, 0.1) is 27.2 Å². The summed E-state index contributed by atoms with van der Waals surface area (Å²) in [6.07, 6.45) is 3.25. The second-order valence-electron chi connectivity index (χ2n) is 3.34. The number of hydrogen-bond donors (Lipinski definition) is 1. The predicted octanol–water partition coefficient (Wildman–Crippen LogP) is 2.89. The number of rotatable bonds is 6. The first-order chi connectivity index (χ1) is 5.20. The van der Waals surface area contributed by atoms with Gasteiger partial charge in [0.2, 0.25) is 0 Å². The normalized spacial score (nSPS) is 9.69. The van der Waals surface area contributed by atoms with Gasteiger partial charge in [0.05, 0.1) is 0 Å². The summed E-state index contributed by atoms with van der Waals surface area (Å²) < 4.78 is 0. The smallest absolute Gasteiger partial charge is 0.358 e. The molecule has 2 heteroatoms. The summed E-state index contributed by atoms with van der Waals surface area (Å²) in [6.45, 7) is 13.2. The molecule has 0 amide bonds. The quantitative estimate of drug-likeness (QED) is 0.723.